The van der Waals surface area contributed by atoms with E-state index in [1.807, 2.05) is 24.8 Å². The number of aryl methyl sites for hydroxylation is 1. The molecular weight excluding hydrogens is 236 g/mol. The maximum absolute atomic E-state index is 4.48. The summed E-state index contributed by atoms with van der Waals surface area (Å²) in [4.78, 5) is 8.81. The fraction of sp³-hybridized carbons (Fsp3) is 0.467. The smallest absolute Gasteiger partial charge is 0.0951 e. The summed E-state index contributed by atoms with van der Waals surface area (Å²) in [5, 5.41) is 3.47. The van der Waals surface area contributed by atoms with Crippen LogP contribution in [0.1, 0.15) is 35.7 Å². The van der Waals surface area contributed by atoms with E-state index in [9.17, 15) is 0 Å². The van der Waals surface area contributed by atoms with Crippen molar-refractivity contribution in [3.63, 3.8) is 0 Å². The molecule has 0 saturated carbocycles. The highest BCUT2D eigenvalue weighted by Crippen LogP contribution is 2.23. The van der Waals surface area contributed by atoms with Gasteiger partial charge in [0.1, 0.15) is 0 Å². The van der Waals surface area contributed by atoms with Crippen LogP contribution in [-0.4, -0.2) is 27.6 Å². The lowest BCUT2D eigenvalue weighted by atomic mass is 9.96. The number of aromatic nitrogens is 3. The van der Waals surface area contributed by atoms with Crippen LogP contribution in [-0.2, 0) is 6.54 Å². The quantitative estimate of drug-likeness (QED) is 0.914. The highest BCUT2D eigenvalue weighted by molar-refractivity contribution is 5.19. The lowest BCUT2D eigenvalue weighted by Crippen LogP contribution is -2.29. The minimum absolute atomic E-state index is 0.584. The number of piperidine rings is 1. The van der Waals surface area contributed by atoms with Crippen LogP contribution >= 0.6 is 0 Å². The van der Waals surface area contributed by atoms with Gasteiger partial charge in [-0.1, -0.05) is 6.07 Å². The molecule has 100 valence electrons. The molecule has 3 heterocycles. The van der Waals surface area contributed by atoms with E-state index in [2.05, 4.69) is 32.8 Å². The molecule has 0 radical (unpaired) electrons. The number of rotatable bonds is 3. The number of pyridine rings is 1. The second-order valence-electron chi connectivity index (χ2n) is 5.26. The Morgan fingerprint density at radius 3 is 3.21 bits per heavy atom. The molecule has 2 aromatic heterocycles. The molecule has 3 rings (SSSR count). The molecule has 4 nitrogen and oxygen atoms in total. The summed E-state index contributed by atoms with van der Waals surface area (Å²) in [6, 6.07) is 4.10. The molecule has 1 N–H and O–H groups in total. The summed E-state index contributed by atoms with van der Waals surface area (Å²) in [5.41, 5.74) is 3.70. The van der Waals surface area contributed by atoms with Gasteiger partial charge in [0.25, 0.3) is 0 Å². The average molecular weight is 256 g/mol. The van der Waals surface area contributed by atoms with E-state index in [4.69, 9.17) is 0 Å². The highest BCUT2D eigenvalue weighted by atomic mass is 15.1. The first-order valence-electron chi connectivity index (χ1n) is 6.96. The van der Waals surface area contributed by atoms with Gasteiger partial charge >= 0.3 is 0 Å². The number of nitrogens with zero attached hydrogens (tertiary/aromatic N) is 3. The summed E-state index contributed by atoms with van der Waals surface area (Å²) in [6.07, 6.45) is 8.30. The minimum Gasteiger partial charge on any atom is -0.328 e. The fourth-order valence-corrected chi connectivity index (χ4v) is 2.75. The minimum atomic E-state index is 0.584. The number of hydrogen-bond acceptors (Lipinski definition) is 3. The Balaban J connectivity index is 1.82. The number of nitrogens with one attached hydrogen (secondary N) is 1. The van der Waals surface area contributed by atoms with Crippen LogP contribution in [0.5, 0.6) is 0 Å². The summed E-state index contributed by atoms with van der Waals surface area (Å²) in [6.45, 7) is 5.14. The molecule has 4 heteroatoms. The molecule has 0 amide bonds. The first kappa shape index (κ1) is 12.4. The molecule has 2 aromatic rings. The normalized spacial score (nSPS) is 19.5. The zero-order valence-electron chi connectivity index (χ0n) is 11.3. The van der Waals surface area contributed by atoms with Crippen molar-refractivity contribution in [3.05, 3.63) is 47.8 Å². The summed E-state index contributed by atoms with van der Waals surface area (Å²) in [7, 11) is 0. The molecule has 1 unspecified atom stereocenters. The van der Waals surface area contributed by atoms with Gasteiger partial charge in [-0.05, 0) is 37.9 Å². The Bertz CT molecular complexity index is 541. The van der Waals surface area contributed by atoms with Gasteiger partial charge < -0.3 is 9.88 Å². The van der Waals surface area contributed by atoms with Crippen LogP contribution in [0.3, 0.4) is 0 Å². The third kappa shape index (κ3) is 2.68. The molecule has 1 aliphatic rings. The largest absolute Gasteiger partial charge is 0.328 e. The van der Waals surface area contributed by atoms with Crippen molar-refractivity contribution in [2.45, 2.75) is 32.2 Å². The van der Waals surface area contributed by atoms with Crippen molar-refractivity contribution in [1.29, 1.82) is 0 Å². The van der Waals surface area contributed by atoms with E-state index in [1.165, 1.54) is 24.1 Å². The van der Waals surface area contributed by atoms with E-state index in [0.717, 1.165) is 25.3 Å². The van der Waals surface area contributed by atoms with E-state index in [0.29, 0.717) is 5.92 Å². The maximum atomic E-state index is 4.48. The van der Waals surface area contributed by atoms with Crippen LogP contribution in [0.2, 0.25) is 0 Å². The van der Waals surface area contributed by atoms with Gasteiger partial charge in [0, 0.05) is 30.6 Å². The molecular formula is C15H20N4. The van der Waals surface area contributed by atoms with Crippen LogP contribution in [0, 0.1) is 6.92 Å². The zero-order chi connectivity index (χ0) is 13.1. The van der Waals surface area contributed by atoms with Gasteiger partial charge in [-0.15, -0.1) is 0 Å². The van der Waals surface area contributed by atoms with Crippen molar-refractivity contribution in [2.24, 2.45) is 0 Å². The van der Waals surface area contributed by atoms with Gasteiger partial charge in [-0.3, -0.25) is 4.98 Å². The van der Waals surface area contributed by atoms with Crippen LogP contribution in [0.25, 0.3) is 0 Å². The number of imidazole rings is 1. The Labute approximate surface area is 113 Å². The molecule has 0 aliphatic carbocycles. The van der Waals surface area contributed by atoms with E-state index < -0.39 is 0 Å². The van der Waals surface area contributed by atoms with Crippen molar-refractivity contribution in [3.8, 4) is 0 Å². The first-order chi connectivity index (χ1) is 9.34. The van der Waals surface area contributed by atoms with Gasteiger partial charge in [-0.2, -0.15) is 0 Å². The van der Waals surface area contributed by atoms with Crippen LogP contribution in [0.4, 0.5) is 0 Å². The molecule has 0 spiro atoms. The fourth-order valence-electron chi connectivity index (χ4n) is 2.75. The monoisotopic (exact) mass is 256 g/mol. The van der Waals surface area contributed by atoms with Gasteiger partial charge in [-0.25, -0.2) is 4.98 Å². The molecule has 0 bridgehead atoms. The highest BCUT2D eigenvalue weighted by Gasteiger charge is 2.19. The van der Waals surface area contributed by atoms with Gasteiger partial charge in [0.05, 0.1) is 18.6 Å². The average Bonchev–Trinajstić information content (AvgIpc) is 2.91. The predicted molar refractivity (Wildman–Crippen MR) is 75.1 cm³/mol. The topological polar surface area (TPSA) is 42.7 Å². The van der Waals surface area contributed by atoms with Gasteiger partial charge in [0.15, 0.2) is 0 Å². The van der Waals surface area contributed by atoms with E-state index >= 15 is 0 Å². The first-order valence-corrected chi connectivity index (χ1v) is 6.96. The summed E-state index contributed by atoms with van der Waals surface area (Å²) >= 11 is 0. The standard InChI is InChI=1S/C15H20N4/c1-12-4-2-7-18-14(12)10-19-11-17-9-15(19)13-5-3-6-16-8-13/h2,4,7,9,11,13,16H,3,5-6,8,10H2,1H3. The van der Waals surface area contributed by atoms with Crippen molar-refractivity contribution in [1.82, 2.24) is 19.9 Å². The third-order valence-corrected chi connectivity index (χ3v) is 3.90. The van der Waals surface area contributed by atoms with Crippen molar-refractivity contribution in [2.75, 3.05) is 13.1 Å². The Morgan fingerprint density at radius 2 is 2.42 bits per heavy atom. The van der Waals surface area contributed by atoms with E-state index in [-0.39, 0.29) is 0 Å². The summed E-state index contributed by atoms with van der Waals surface area (Å²) in [5.74, 6) is 0.584. The molecule has 1 fully saturated rings. The second kappa shape index (κ2) is 5.53. The predicted octanol–water partition coefficient (Wildman–Crippen LogP) is 2.10. The van der Waals surface area contributed by atoms with Gasteiger partial charge in [0.2, 0.25) is 0 Å². The third-order valence-electron chi connectivity index (χ3n) is 3.90. The molecule has 1 saturated heterocycles. The lowest BCUT2D eigenvalue weighted by Gasteiger charge is -2.23. The maximum Gasteiger partial charge on any atom is 0.0951 e. The Hall–Kier alpha value is -1.68. The SMILES string of the molecule is Cc1cccnc1Cn1cncc1C1CCCNC1. The Morgan fingerprint density at radius 1 is 1.47 bits per heavy atom. The molecule has 0 aromatic carbocycles. The van der Waals surface area contributed by atoms with Crippen molar-refractivity contribution >= 4 is 0 Å². The Kier molecular flexibility index (Phi) is 3.60. The van der Waals surface area contributed by atoms with Crippen LogP contribution < -0.4 is 5.32 Å². The summed E-state index contributed by atoms with van der Waals surface area (Å²) < 4.78 is 2.24. The van der Waals surface area contributed by atoms with E-state index in [1.54, 1.807) is 0 Å². The number of hydrogen-bond donors (Lipinski definition) is 1. The zero-order valence-corrected chi connectivity index (χ0v) is 11.3. The second-order valence-corrected chi connectivity index (χ2v) is 5.26. The van der Waals surface area contributed by atoms with Crippen molar-refractivity contribution < 1.29 is 0 Å². The molecule has 1 aliphatic heterocycles. The molecule has 1 atom stereocenters. The lowest BCUT2D eigenvalue weighted by molar-refractivity contribution is 0.443. The molecule has 19 heavy (non-hydrogen) atoms. The van der Waals surface area contributed by atoms with Crippen LogP contribution in [0.15, 0.2) is 30.9 Å².